The molecule has 1 aliphatic rings. The van der Waals surface area contributed by atoms with Gasteiger partial charge < -0.3 is 20.5 Å². The number of rotatable bonds is 5. The summed E-state index contributed by atoms with van der Waals surface area (Å²) < 4.78 is 47.7. The SMILES string of the molecule is COc1ccc([C@H]2C[C@H](C(F)(F)F)n3nc(C(=O)Nc4cccc([C@@H](C)O)c4)c(Cl)c3N2)cc1. The van der Waals surface area contributed by atoms with Gasteiger partial charge in [0.25, 0.3) is 5.91 Å². The summed E-state index contributed by atoms with van der Waals surface area (Å²) in [7, 11) is 1.50. The smallest absolute Gasteiger partial charge is 0.410 e. The molecule has 0 radical (unpaired) electrons. The molecule has 3 aromatic rings. The number of benzene rings is 2. The summed E-state index contributed by atoms with van der Waals surface area (Å²) in [5.74, 6) is -0.272. The molecule has 1 amide bonds. The lowest BCUT2D eigenvalue weighted by Crippen LogP contribution is -2.35. The molecule has 2 heterocycles. The predicted octanol–water partition coefficient (Wildman–Crippen LogP) is 5.51. The Bertz CT molecular complexity index is 1200. The van der Waals surface area contributed by atoms with E-state index >= 15 is 0 Å². The zero-order valence-corrected chi connectivity index (χ0v) is 19.0. The maximum atomic E-state index is 14.0. The second-order valence-electron chi connectivity index (χ2n) is 7.97. The fourth-order valence-electron chi connectivity index (χ4n) is 3.86. The first-order chi connectivity index (χ1) is 16.1. The highest BCUT2D eigenvalue weighted by atomic mass is 35.5. The third-order valence-corrected chi connectivity index (χ3v) is 6.01. The summed E-state index contributed by atoms with van der Waals surface area (Å²) in [5, 5.41) is 19.0. The summed E-state index contributed by atoms with van der Waals surface area (Å²) >= 11 is 6.37. The average molecular weight is 495 g/mol. The van der Waals surface area contributed by atoms with E-state index in [2.05, 4.69) is 15.7 Å². The number of fused-ring (bicyclic) bond motifs is 1. The van der Waals surface area contributed by atoms with Crippen LogP contribution in [0.1, 0.15) is 53.1 Å². The first-order valence-electron chi connectivity index (χ1n) is 10.4. The standard InChI is InChI=1S/C23H22ClF3N4O3/c1-12(32)14-4-3-5-15(10-14)28-22(33)20-19(24)21-29-17(13-6-8-16(34-2)9-7-13)11-18(23(25,26)27)31(21)30-20/h3-10,12,17-18,29,32H,11H2,1-2H3,(H,28,33)/t12-,17-,18-/m1/s1. The van der Waals surface area contributed by atoms with Crippen molar-refractivity contribution in [1.82, 2.24) is 9.78 Å². The number of hydrogen-bond donors (Lipinski definition) is 3. The van der Waals surface area contributed by atoms with Crippen molar-refractivity contribution in [3.8, 4) is 5.75 Å². The minimum absolute atomic E-state index is 0.0843. The van der Waals surface area contributed by atoms with Crippen LogP contribution in [0.4, 0.5) is 24.7 Å². The molecule has 0 fully saturated rings. The van der Waals surface area contributed by atoms with Crippen molar-refractivity contribution in [3.05, 3.63) is 70.4 Å². The van der Waals surface area contributed by atoms with E-state index in [1.54, 1.807) is 55.5 Å². The molecule has 3 atom stereocenters. The van der Waals surface area contributed by atoms with Crippen LogP contribution in [0.15, 0.2) is 48.5 Å². The van der Waals surface area contributed by atoms with Gasteiger partial charge >= 0.3 is 6.18 Å². The second-order valence-corrected chi connectivity index (χ2v) is 8.35. The first-order valence-corrected chi connectivity index (χ1v) is 10.8. The molecule has 2 aromatic carbocycles. The van der Waals surface area contributed by atoms with Crippen LogP contribution >= 0.6 is 11.6 Å². The molecule has 0 aliphatic carbocycles. The van der Waals surface area contributed by atoms with E-state index in [9.17, 15) is 23.1 Å². The van der Waals surface area contributed by atoms with Crippen molar-refractivity contribution in [3.63, 3.8) is 0 Å². The zero-order valence-electron chi connectivity index (χ0n) is 18.2. The molecule has 11 heteroatoms. The summed E-state index contributed by atoms with van der Waals surface area (Å²) in [4.78, 5) is 12.9. The molecule has 180 valence electrons. The van der Waals surface area contributed by atoms with Gasteiger partial charge in [0, 0.05) is 12.1 Å². The highest BCUT2D eigenvalue weighted by Gasteiger charge is 2.47. The molecule has 3 N–H and O–H groups in total. The lowest BCUT2D eigenvalue weighted by Gasteiger charge is -2.33. The van der Waals surface area contributed by atoms with Crippen LogP contribution in [0, 0.1) is 0 Å². The van der Waals surface area contributed by atoms with E-state index in [0.29, 0.717) is 22.6 Å². The maximum absolute atomic E-state index is 14.0. The first kappa shape index (κ1) is 23.9. The number of carbonyl (C=O) groups is 1. The molecule has 0 saturated heterocycles. The molecular weight excluding hydrogens is 473 g/mol. The van der Waals surface area contributed by atoms with E-state index in [-0.39, 0.29) is 23.0 Å². The van der Waals surface area contributed by atoms with Crippen molar-refractivity contribution < 1.29 is 27.8 Å². The summed E-state index contributed by atoms with van der Waals surface area (Å²) in [6, 6.07) is 10.4. The fourth-order valence-corrected chi connectivity index (χ4v) is 4.12. The van der Waals surface area contributed by atoms with Crippen LogP contribution in [-0.4, -0.2) is 34.1 Å². The van der Waals surface area contributed by atoms with E-state index in [1.165, 1.54) is 7.11 Å². The number of nitrogens with zero attached hydrogens (tertiary/aromatic N) is 2. The molecule has 34 heavy (non-hydrogen) atoms. The Kier molecular flexibility index (Phi) is 6.46. The van der Waals surface area contributed by atoms with Gasteiger partial charge in [-0.15, -0.1) is 0 Å². The molecular formula is C23H22ClF3N4O3. The molecule has 0 spiro atoms. The van der Waals surface area contributed by atoms with Crippen LogP contribution in [0.3, 0.4) is 0 Å². The number of aromatic nitrogens is 2. The van der Waals surface area contributed by atoms with Crippen LogP contribution in [0.2, 0.25) is 5.02 Å². The highest BCUT2D eigenvalue weighted by molar-refractivity contribution is 6.36. The lowest BCUT2D eigenvalue weighted by molar-refractivity contribution is -0.173. The summed E-state index contributed by atoms with van der Waals surface area (Å²) in [6.45, 7) is 1.57. The van der Waals surface area contributed by atoms with E-state index in [4.69, 9.17) is 16.3 Å². The van der Waals surface area contributed by atoms with Crippen molar-refractivity contribution in [2.75, 3.05) is 17.7 Å². The van der Waals surface area contributed by atoms with Gasteiger partial charge in [0.1, 0.15) is 16.6 Å². The lowest BCUT2D eigenvalue weighted by atomic mass is 9.97. The molecule has 0 bridgehead atoms. The van der Waals surface area contributed by atoms with Gasteiger partial charge in [0.2, 0.25) is 0 Å². The van der Waals surface area contributed by atoms with Crippen LogP contribution in [-0.2, 0) is 0 Å². The van der Waals surface area contributed by atoms with E-state index in [1.807, 2.05) is 0 Å². The Morgan fingerprint density at radius 2 is 2.00 bits per heavy atom. The third-order valence-electron chi connectivity index (χ3n) is 5.66. The number of alkyl halides is 3. The van der Waals surface area contributed by atoms with E-state index < -0.39 is 30.3 Å². The molecule has 4 rings (SSSR count). The normalized spacial score (nSPS) is 18.6. The van der Waals surface area contributed by atoms with Gasteiger partial charge in [0.15, 0.2) is 11.7 Å². The van der Waals surface area contributed by atoms with Crippen molar-refractivity contribution >= 4 is 29.0 Å². The van der Waals surface area contributed by atoms with Gasteiger partial charge in [-0.3, -0.25) is 4.79 Å². The highest BCUT2D eigenvalue weighted by Crippen LogP contribution is 2.46. The van der Waals surface area contributed by atoms with Crippen molar-refractivity contribution in [2.24, 2.45) is 0 Å². The Balaban J connectivity index is 1.66. The number of amides is 1. The maximum Gasteiger partial charge on any atom is 0.410 e. The number of halogens is 4. The van der Waals surface area contributed by atoms with Gasteiger partial charge in [-0.1, -0.05) is 35.9 Å². The number of nitrogens with one attached hydrogen (secondary N) is 2. The zero-order chi connectivity index (χ0) is 24.6. The van der Waals surface area contributed by atoms with Gasteiger partial charge in [-0.25, -0.2) is 4.68 Å². The number of anilines is 2. The average Bonchev–Trinajstić information content (AvgIpc) is 3.14. The van der Waals surface area contributed by atoms with Crippen molar-refractivity contribution in [2.45, 2.75) is 37.7 Å². The van der Waals surface area contributed by atoms with E-state index in [0.717, 1.165) is 4.68 Å². The Hall–Kier alpha value is -3.24. The Morgan fingerprint density at radius 3 is 2.62 bits per heavy atom. The molecule has 0 unspecified atom stereocenters. The second kappa shape index (κ2) is 9.19. The number of carbonyl (C=O) groups excluding carboxylic acids is 1. The number of aliphatic hydroxyl groups excluding tert-OH is 1. The fraction of sp³-hybridized carbons (Fsp3) is 0.304. The van der Waals surface area contributed by atoms with Crippen LogP contribution in [0.5, 0.6) is 5.75 Å². The predicted molar refractivity (Wildman–Crippen MR) is 121 cm³/mol. The Labute approximate surface area is 198 Å². The monoisotopic (exact) mass is 494 g/mol. The van der Waals surface area contributed by atoms with Crippen LogP contribution < -0.4 is 15.4 Å². The number of aliphatic hydroxyl groups is 1. The van der Waals surface area contributed by atoms with Crippen molar-refractivity contribution in [1.29, 1.82) is 0 Å². The number of ether oxygens (including phenoxy) is 1. The van der Waals surface area contributed by atoms with Crippen LogP contribution in [0.25, 0.3) is 0 Å². The van der Waals surface area contributed by atoms with Gasteiger partial charge in [-0.05, 0) is 42.3 Å². The minimum atomic E-state index is -4.61. The molecule has 0 saturated carbocycles. The number of methoxy groups -OCH3 is 1. The molecule has 1 aromatic heterocycles. The largest absolute Gasteiger partial charge is 0.497 e. The Morgan fingerprint density at radius 1 is 1.29 bits per heavy atom. The van der Waals surface area contributed by atoms with Gasteiger partial charge in [-0.2, -0.15) is 18.3 Å². The summed E-state index contributed by atoms with van der Waals surface area (Å²) in [6.07, 6.45) is -5.71. The molecule has 7 nitrogen and oxygen atoms in total. The quantitative estimate of drug-likeness (QED) is 0.435. The molecule has 1 aliphatic heterocycles. The van der Waals surface area contributed by atoms with Gasteiger partial charge in [0.05, 0.1) is 19.3 Å². The topological polar surface area (TPSA) is 88.4 Å². The number of hydrogen-bond acceptors (Lipinski definition) is 5. The third kappa shape index (κ3) is 4.69. The summed E-state index contributed by atoms with van der Waals surface area (Å²) in [5.41, 5.74) is 1.19. The minimum Gasteiger partial charge on any atom is -0.497 e.